The molecule has 2 heterocycles. The lowest BCUT2D eigenvalue weighted by molar-refractivity contribution is -0.127. The summed E-state index contributed by atoms with van der Waals surface area (Å²) in [5.74, 6) is 2.05. The van der Waals surface area contributed by atoms with Crippen LogP contribution >= 0.6 is 0 Å². The van der Waals surface area contributed by atoms with Crippen molar-refractivity contribution < 1.29 is 23.4 Å². The van der Waals surface area contributed by atoms with Crippen molar-refractivity contribution in [1.82, 2.24) is 5.32 Å². The van der Waals surface area contributed by atoms with Crippen molar-refractivity contribution in [2.45, 2.75) is 26.5 Å². The largest absolute Gasteiger partial charge is 0.481 e. The number of benzene rings is 3. The van der Waals surface area contributed by atoms with Crippen molar-refractivity contribution in [2.24, 2.45) is 0 Å². The number of carbonyl (C=O) groups is 1. The molecule has 1 N–H and O–H groups in total. The summed E-state index contributed by atoms with van der Waals surface area (Å²) >= 11 is 0. The first-order valence-electron chi connectivity index (χ1n) is 11.0. The van der Waals surface area contributed by atoms with Gasteiger partial charge in [-0.2, -0.15) is 0 Å². The molecule has 0 saturated carbocycles. The van der Waals surface area contributed by atoms with Crippen LogP contribution in [-0.4, -0.2) is 18.8 Å². The molecule has 5 rings (SSSR count). The van der Waals surface area contributed by atoms with Crippen molar-refractivity contribution in [2.75, 3.05) is 6.79 Å². The highest BCUT2D eigenvalue weighted by atomic mass is 16.7. The van der Waals surface area contributed by atoms with Gasteiger partial charge in [-0.25, -0.2) is 0 Å². The highest BCUT2D eigenvalue weighted by molar-refractivity contribution is 5.84. The zero-order chi connectivity index (χ0) is 23.7. The van der Waals surface area contributed by atoms with Gasteiger partial charge in [-0.3, -0.25) is 9.59 Å². The smallest absolute Gasteiger partial charge is 0.261 e. The van der Waals surface area contributed by atoms with E-state index in [1.165, 1.54) is 0 Å². The lowest BCUT2D eigenvalue weighted by atomic mass is 10.0. The number of aryl methyl sites for hydroxylation is 1. The average Bonchev–Trinajstić information content (AvgIpc) is 3.31. The monoisotopic (exact) mass is 457 g/mol. The number of hydrogen-bond acceptors (Lipinski definition) is 6. The summed E-state index contributed by atoms with van der Waals surface area (Å²) in [6.07, 6.45) is -0.747. The molecule has 1 aliphatic rings. The second-order valence-corrected chi connectivity index (χ2v) is 8.05. The van der Waals surface area contributed by atoms with Crippen LogP contribution in [0.1, 0.15) is 18.2 Å². The molecule has 7 heteroatoms. The number of rotatable bonds is 6. The number of fused-ring (bicyclic) bond motifs is 2. The Balaban J connectivity index is 1.29. The Morgan fingerprint density at radius 2 is 1.82 bits per heavy atom. The summed E-state index contributed by atoms with van der Waals surface area (Å²) in [6.45, 7) is 3.97. The van der Waals surface area contributed by atoms with Crippen molar-refractivity contribution >= 4 is 16.9 Å². The summed E-state index contributed by atoms with van der Waals surface area (Å²) in [7, 11) is 0. The van der Waals surface area contributed by atoms with E-state index in [0.717, 1.165) is 11.1 Å². The first-order valence-corrected chi connectivity index (χ1v) is 11.0. The predicted molar refractivity (Wildman–Crippen MR) is 127 cm³/mol. The van der Waals surface area contributed by atoms with Crippen LogP contribution in [0.3, 0.4) is 0 Å². The molecule has 0 bridgehead atoms. The SMILES string of the molecule is Cc1oc2cc(O[C@H](C)C(=O)NCc3ccc4c(c3)OCO4)ccc2c(=O)c1-c1ccccc1. The van der Waals surface area contributed by atoms with Crippen LogP contribution in [-0.2, 0) is 11.3 Å². The Hall–Kier alpha value is -4.26. The summed E-state index contributed by atoms with van der Waals surface area (Å²) in [4.78, 5) is 25.7. The Kier molecular flexibility index (Phi) is 5.67. The molecule has 3 aromatic carbocycles. The van der Waals surface area contributed by atoms with E-state index in [-0.39, 0.29) is 18.1 Å². The van der Waals surface area contributed by atoms with Gasteiger partial charge in [0, 0.05) is 12.6 Å². The van der Waals surface area contributed by atoms with E-state index in [4.69, 9.17) is 18.6 Å². The van der Waals surface area contributed by atoms with Gasteiger partial charge >= 0.3 is 0 Å². The van der Waals surface area contributed by atoms with E-state index in [1.807, 2.05) is 48.5 Å². The highest BCUT2D eigenvalue weighted by Gasteiger charge is 2.18. The van der Waals surface area contributed by atoms with Crippen LogP contribution in [0, 0.1) is 6.92 Å². The quantitative estimate of drug-likeness (QED) is 0.456. The van der Waals surface area contributed by atoms with Crippen LogP contribution in [0.4, 0.5) is 0 Å². The molecular weight excluding hydrogens is 434 g/mol. The highest BCUT2D eigenvalue weighted by Crippen LogP contribution is 2.32. The van der Waals surface area contributed by atoms with E-state index in [1.54, 1.807) is 32.0 Å². The molecule has 0 unspecified atom stereocenters. The van der Waals surface area contributed by atoms with Gasteiger partial charge in [0.1, 0.15) is 17.1 Å². The Bertz CT molecular complexity index is 1430. The van der Waals surface area contributed by atoms with Gasteiger partial charge in [-0.15, -0.1) is 0 Å². The molecule has 1 aliphatic heterocycles. The van der Waals surface area contributed by atoms with Crippen molar-refractivity contribution in [3.8, 4) is 28.4 Å². The minimum atomic E-state index is -0.747. The molecule has 0 fully saturated rings. The zero-order valence-corrected chi connectivity index (χ0v) is 18.8. The molecule has 0 radical (unpaired) electrons. The van der Waals surface area contributed by atoms with Crippen LogP contribution < -0.4 is 25.0 Å². The molecule has 0 saturated heterocycles. The van der Waals surface area contributed by atoms with Crippen molar-refractivity contribution in [3.05, 3.63) is 88.3 Å². The second kappa shape index (κ2) is 8.94. The molecule has 7 nitrogen and oxygen atoms in total. The minimum absolute atomic E-state index is 0.106. The van der Waals surface area contributed by atoms with Crippen LogP contribution in [0.25, 0.3) is 22.1 Å². The van der Waals surface area contributed by atoms with Gasteiger partial charge in [0.2, 0.25) is 12.2 Å². The maximum atomic E-state index is 13.1. The summed E-state index contributed by atoms with van der Waals surface area (Å²) < 4.78 is 22.4. The first kappa shape index (κ1) is 21.6. The topological polar surface area (TPSA) is 87.0 Å². The van der Waals surface area contributed by atoms with Crippen LogP contribution in [0.5, 0.6) is 17.2 Å². The third kappa shape index (κ3) is 4.20. The summed E-state index contributed by atoms with van der Waals surface area (Å²) in [6, 6.07) is 19.9. The standard InChI is InChI=1S/C27H23NO6/c1-16-25(19-6-4-3-5-7-19)26(29)21-10-9-20(13-23(21)34-16)33-17(2)27(30)28-14-18-8-11-22-24(12-18)32-15-31-22/h3-13,17H,14-15H2,1-2H3,(H,28,30)/t17-/m1/s1. The fourth-order valence-corrected chi connectivity index (χ4v) is 3.94. The molecule has 1 aromatic heterocycles. The van der Waals surface area contributed by atoms with E-state index < -0.39 is 6.10 Å². The normalized spacial score (nSPS) is 13.0. The van der Waals surface area contributed by atoms with E-state index >= 15 is 0 Å². The first-order chi connectivity index (χ1) is 16.5. The maximum absolute atomic E-state index is 13.1. The van der Waals surface area contributed by atoms with E-state index in [0.29, 0.717) is 46.1 Å². The van der Waals surface area contributed by atoms with Crippen LogP contribution in [0.15, 0.2) is 75.9 Å². The fourth-order valence-electron chi connectivity index (χ4n) is 3.94. The summed E-state index contributed by atoms with van der Waals surface area (Å²) in [5.41, 5.74) is 2.54. The molecule has 1 atom stereocenters. The Labute approximate surface area is 195 Å². The molecule has 4 aromatic rings. The zero-order valence-electron chi connectivity index (χ0n) is 18.8. The van der Waals surface area contributed by atoms with Crippen molar-refractivity contribution in [1.29, 1.82) is 0 Å². The summed E-state index contributed by atoms with van der Waals surface area (Å²) in [5, 5.41) is 3.31. The molecule has 1 amide bonds. The number of hydrogen-bond donors (Lipinski definition) is 1. The third-order valence-corrected chi connectivity index (χ3v) is 5.69. The Morgan fingerprint density at radius 3 is 2.65 bits per heavy atom. The van der Waals surface area contributed by atoms with Gasteiger partial charge in [-0.1, -0.05) is 36.4 Å². The molecule has 0 spiro atoms. The third-order valence-electron chi connectivity index (χ3n) is 5.69. The number of ether oxygens (including phenoxy) is 3. The fraction of sp³-hybridized carbons (Fsp3) is 0.185. The number of nitrogens with one attached hydrogen (secondary N) is 1. The van der Waals surface area contributed by atoms with E-state index in [9.17, 15) is 9.59 Å². The molecule has 172 valence electrons. The molecule has 34 heavy (non-hydrogen) atoms. The number of carbonyl (C=O) groups excluding carboxylic acids is 1. The van der Waals surface area contributed by atoms with Crippen molar-refractivity contribution in [3.63, 3.8) is 0 Å². The lowest BCUT2D eigenvalue weighted by Gasteiger charge is -2.15. The number of amides is 1. The van der Waals surface area contributed by atoms with Gasteiger partial charge in [-0.05, 0) is 49.2 Å². The van der Waals surface area contributed by atoms with Gasteiger partial charge < -0.3 is 23.9 Å². The van der Waals surface area contributed by atoms with Crippen LogP contribution in [0.2, 0.25) is 0 Å². The molecule has 0 aliphatic carbocycles. The van der Waals surface area contributed by atoms with E-state index in [2.05, 4.69) is 5.32 Å². The maximum Gasteiger partial charge on any atom is 0.261 e. The van der Waals surface area contributed by atoms with Gasteiger partial charge in [0.05, 0.1) is 10.9 Å². The second-order valence-electron chi connectivity index (χ2n) is 8.05. The lowest BCUT2D eigenvalue weighted by Crippen LogP contribution is -2.35. The average molecular weight is 457 g/mol. The molecular formula is C27H23NO6. The van der Waals surface area contributed by atoms with Gasteiger partial charge in [0.15, 0.2) is 17.6 Å². The Morgan fingerprint density at radius 1 is 1.03 bits per heavy atom. The van der Waals surface area contributed by atoms with Gasteiger partial charge in [0.25, 0.3) is 5.91 Å². The predicted octanol–water partition coefficient (Wildman–Crippen LogP) is 4.58. The minimum Gasteiger partial charge on any atom is -0.481 e.